The van der Waals surface area contributed by atoms with Crippen molar-refractivity contribution in [2.75, 3.05) is 0 Å². The summed E-state index contributed by atoms with van der Waals surface area (Å²) in [5, 5.41) is 12.4. The first-order valence-electron chi connectivity index (χ1n) is 6.98. The maximum Gasteiger partial charge on any atom is 0.335 e. The van der Waals surface area contributed by atoms with Crippen LogP contribution in [0.2, 0.25) is 5.02 Å². The molecule has 0 aliphatic heterocycles. The molecular weight excluding hydrogens is 302 g/mol. The van der Waals surface area contributed by atoms with Gasteiger partial charge in [-0.1, -0.05) is 29.8 Å². The predicted molar refractivity (Wildman–Crippen MR) is 83.4 cm³/mol. The van der Waals surface area contributed by atoms with Gasteiger partial charge in [0.2, 0.25) is 0 Å². The molecule has 1 aliphatic rings. The van der Waals surface area contributed by atoms with Gasteiger partial charge in [0.25, 0.3) is 5.91 Å². The van der Waals surface area contributed by atoms with E-state index in [1.54, 1.807) is 36.4 Å². The van der Waals surface area contributed by atoms with Crippen LogP contribution in [0.15, 0.2) is 42.5 Å². The maximum atomic E-state index is 12.3. The lowest BCUT2D eigenvalue weighted by Gasteiger charge is -2.15. The Morgan fingerprint density at radius 1 is 1.18 bits per heavy atom. The molecule has 2 N–H and O–H groups in total. The highest BCUT2D eigenvalue weighted by molar-refractivity contribution is 6.33. The highest BCUT2D eigenvalue weighted by atomic mass is 35.5. The first-order valence-corrected chi connectivity index (χ1v) is 7.35. The number of halogens is 1. The number of fused-ring (bicyclic) bond motifs is 1. The lowest BCUT2D eigenvalue weighted by atomic mass is 10.0. The van der Waals surface area contributed by atoms with Crippen LogP contribution in [0.5, 0.6) is 0 Å². The lowest BCUT2D eigenvalue weighted by Crippen LogP contribution is -2.27. The molecule has 0 saturated carbocycles. The normalized spacial score (nSPS) is 16.1. The SMILES string of the molecule is O=C(O)c1ccc2c(c1)C(NC(=O)c1ccccc1Cl)CC2. The number of hydrogen-bond donors (Lipinski definition) is 2. The van der Waals surface area contributed by atoms with Crippen LogP contribution >= 0.6 is 11.6 Å². The molecule has 5 heteroatoms. The minimum atomic E-state index is -0.967. The Balaban J connectivity index is 1.84. The zero-order valence-electron chi connectivity index (χ0n) is 11.7. The Bertz CT molecular complexity index is 757. The molecule has 112 valence electrons. The molecule has 0 bridgehead atoms. The van der Waals surface area contributed by atoms with Crippen LogP contribution in [0.4, 0.5) is 0 Å². The maximum absolute atomic E-state index is 12.3. The van der Waals surface area contributed by atoms with Crippen molar-refractivity contribution >= 4 is 23.5 Å². The Labute approximate surface area is 132 Å². The number of benzene rings is 2. The van der Waals surface area contributed by atoms with E-state index in [0.717, 1.165) is 24.0 Å². The summed E-state index contributed by atoms with van der Waals surface area (Å²) in [6.07, 6.45) is 1.58. The van der Waals surface area contributed by atoms with Crippen LogP contribution in [0.3, 0.4) is 0 Å². The van der Waals surface area contributed by atoms with Gasteiger partial charge in [0.05, 0.1) is 22.2 Å². The quantitative estimate of drug-likeness (QED) is 0.911. The van der Waals surface area contributed by atoms with E-state index in [2.05, 4.69) is 5.32 Å². The number of amides is 1. The second-order valence-electron chi connectivity index (χ2n) is 5.26. The van der Waals surface area contributed by atoms with Crippen molar-refractivity contribution in [3.05, 3.63) is 69.7 Å². The van der Waals surface area contributed by atoms with Crippen LogP contribution in [-0.2, 0) is 6.42 Å². The summed E-state index contributed by atoms with van der Waals surface area (Å²) >= 11 is 6.03. The minimum absolute atomic E-state index is 0.182. The minimum Gasteiger partial charge on any atom is -0.478 e. The van der Waals surface area contributed by atoms with Crippen molar-refractivity contribution in [2.45, 2.75) is 18.9 Å². The van der Waals surface area contributed by atoms with Gasteiger partial charge < -0.3 is 10.4 Å². The molecule has 0 heterocycles. The summed E-state index contributed by atoms with van der Waals surface area (Å²) in [5.74, 6) is -1.21. The van der Waals surface area contributed by atoms with Crippen molar-refractivity contribution in [1.29, 1.82) is 0 Å². The fourth-order valence-electron chi connectivity index (χ4n) is 2.77. The van der Waals surface area contributed by atoms with Crippen molar-refractivity contribution < 1.29 is 14.7 Å². The molecule has 1 aliphatic carbocycles. The van der Waals surface area contributed by atoms with E-state index < -0.39 is 5.97 Å². The van der Waals surface area contributed by atoms with Crippen molar-refractivity contribution in [2.24, 2.45) is 0 Å². The molecule has 0 aromatic heterocycles. The fraction of sp³-hybridized carbons (Fsp3) is 0.176. The number of aromatic carboxylic acids is 1. The average molecular weight is 316 g/mol. The number of carboxylic acid groups (broad SMARTS) is 1. The highest BCUT2D eigenvalue weighted by Gasteiger charge is 2.25. The highest BCUT2D eigenvalue weighted by Crippen LogP contribution is 2.32. The third-order valence-corrected chi connectivity index (χ3v) is 4.22. The Hall–Kier alpha value is -2.33. The topological polar surface area (TPSA) is 66.4 Å². The molecule has 1 amide bonds. The molecule has 3 rings (SSSR count). The number of nitrogens with one attached hydrogen (secondary N) is 1. The van der Waals surface area contributed by atoms with Crippen LogP contribution in [0, 0.1) is 0 Å². The molecule has 1 atom stereocenters. The number of carboxylic acids is 1. The summed E-state index contributed by atoms with van der Waals surface area (Å²) in [5.41, 5.74) is 2.61. The van der Waals surface area contributed by atoms with Crippen molar-refractivity contribution in [3.63, 3.8) is 0 Å². The second-order valence-corrected chi connectivity index (χ2v) is 5.67. The Morgan fingerprint density at radius 2 is 1.95 bits per heavy atom. The van der Waals surface area contributed by atoms with Gasteiger partial charge >= 0.3 is 5.97 Å². The van der Waals surface area contributed by atoms with Gasteiger partial charge in [-0.25, -0.2) is 4.79 Å². The molecule has 0 spiro atoms. The summed E-state index contributed by atoms with van der Waals surface area (Å²) in [6.45, 7) is 0. The van der Waals surface area contributed by atoms with Gasteiger partial charge in [-0.3, -0.25) is 4.79 Å². The molecule has 0 saturated heterocycles. The molecule has 22 heavy (non-hydrogen) atoms. The molecule has 4 nitrogen and oxygen atoms in total. The molecular formula is C17H14ClNO3. The van der Waals surface area contributed by atoms with Crippen molar-refractivity contribution in [3.8, 4) is 0 Å². The lowest BCUT2D eigenvalue weighted by molar-refractivity contribution is 0.0696. The predicted octanol–water partition coefficient (Wildman–Crippen LogP) is 3.46. The number of hydrogen-bond acceptors (Lipinski definition) is 2. The number of aryl methyl sites for hydroxylation is 1. The van der Waals surface area contributed by atoms with Gasteiger partial charge in [-0.05, 0) is 48.2 Å². The second kappa shape index (κ2) is 5.81. The Morgan fingerprint density at radius 3 is 2.68 bits per heavy atom. The van der Waals surface area contributed by atoms with Gasteiger partial charge in [-0.2, -0.15) is 0 Å². The first-order chi connectivity index (χ1) is 10.6. The van der Waals surface area contributed by atoms with E-state index in [0.29, 0.717) is 10.6 Å². The summed E-state index contributed by atoms with van der Waals surface area (Å²) in [6, 6.07) is 11.7. The Kier molecular flexibility index (Phi) is 3.86. The van der Waals surface area contributed by atoms with E-state index in [4.69, 9.17) is 16.7 Å². The van der Waals surface area contributed by atoms with Crippen LogP contribution in [0.1, 0.15) is 44.3 Å². The summed E-state index contributed by atoms with van der Waals surface area (Å²) < 4.78 is 0. The molecule has 0 fully saturated rings. The summed E-state index contributed by atoms with van der Waals surface area (Å²) in [4.78, 5) is 23.4. The third kappa shape index (κ3) is 2.70. The monoisotopic (exact) mass is 315 g/mol. The van der Waals surface area contributed by atoms with Crippen LogP contribution < -0.4 is 5.32 Å². The standard InChI is InChI=1S/C17H14ClNO3/c18-14-4-2-1-3-12(14)16(20)19-15-8-7-10-5-6-11(17(21)22)9-13(10)15/h1-6,9,15H,7-8H2,(H,19,20)(H,21,22). The fourth-order valence-corrected chi connectivity index (χ4v) is 2.99. The van der Waals surface area contributed by atoms with Gasteiger partial charge in [0.1, 0.15) is 0 Å². The van der Waals surface area contributed by atoms with Gasteiger partial charge in [0, 0.05) is 0 Å². The number of carbonyl (C=O) groups is 2. The molecule has 1 unspecified atom stereocenters. The first kappa shape index (κ1) is 14.6. The largest absolute Gasteiger partial charge is 0.478 e. The van der Waals surface area contributed by atoms with Gasteiger partial charge in [0.15, 0.2) is 0 Å². The van der Waals surface area contributed by atoms with E-state index in [-0.39, 0.29) is 17.5 Å². The van der Waals surface area contributed by atoms with Gasteiger partial charge in [-0.15, -0.1) is 0 Å². The van der Waals surface area contributed by atoms with E-state index in [9.17, 15) is 9.59 Å². The number of carbonyl (C=O) groups excluding carboxylic acids is 1. The van der Waals surface area contributed by atoms with Crippen molar-refractivity contribution in [1.82, 2.24) is 5.32 Å². The van der Waals surface area contributed by atoms with E-state index in [1.807, 2.05) is 6.07 Å². The third-order valence-electron chi connectivity index (χ3n) is 3.89. The summed E-state index contributed by atoms with van der Waals surface area (Å²) in [7, 11) is 0. The zero-order valence-corrected chi connectivity index (χ0v) is 12.4. The molecule has 2 aromatic rings. The molecule has 0 radical (unpaired) electrons. The van der Waals surface area contributed by atoms with Crippen LogP contribution in [-0.4, -0.2) is 17.0 Å². The average Bonchev–Trinajstić information content (AvgIpc) is 2.90. The molecule has 2 aromatic carbocycles. The van der Waals surface area contributed by atoms with E-state index in [1.165, 1.54) is 0 Å². The zero-order chi connectivity index (χ0) is 15.7. The van der Waals surface area contributed by atoms with Crippen LogP contribution in [0.25, 0.3) is 0 Å². The van der Waals surface area contributed by atoms with E-state index >= 15 is 0 Å². The smallest absolute Gasteiger partial charge is 0.335 e. The number of rotatable bonds is 3.